The number of hydrogen-bond donors (Lipinski definition) is 1. The molecule has 26 heavy (non-hydrogen) atoms. The van der Waals surface area contributed by atoms with E-state index in [1.165, 1.54) is 0 Å². The molecule has 1 saturated heterocycles. The van der Waals surface area contributed by atoms with E-state index in [-0.39, 0.29) is 16.9 Å². The van der Waals surface area contributed by atoms with Gasteiger partial charge in [-0.05, 0) is 65.6 Å². The van der Waals surface area contributed by atoms with Gasteiger partial charge in [-0.2, -0.15) is 5.10 Å². The summed E-state index contributed by atoms with van der Waals surface area (Å²) < 4.78 is 16.5. The van der Waals surface area contributed by atoms with Crippen LogP contribution in [0.25, 0.3) is 5.65 Å². The first kappa shape index (κ1) is 17.7. The van der Waals surface area contributed by atoms with E-state index < -0.39 is 0 Å². The van der Waals surface area contributed by atoms with E-state index >= 15 is 0 Å². The minimum Gasteiger partial charge on any atom is -0.370 e. The van der Waals surface area contributed by atoms with E-state index in [0.717, 1.165) is 41.0 Å². The number of benzene rings is 1. The molecule has 3 heterocycles. The molecular weight excluding hydrogens is 421 g/mol. The maximum Gasteiger partial charge on any atom is 0.171 e. The third-order valence-corrected chi connectivity index (χ3v) is 5.80. The molecule has 5 nitrogen and oxygen atoms in total. The maximum absolute atomic E-state index is 13.9. The molecule has 0 radical (unpaired) electrons. The van der Waals surface area contributed by atoms with Crippen LogP contribution in [-0.2, 0) is 0 Å². The van der Waals surface area contributed by atoms with Crippen LogP contribution in [0, 0.1) is 11.7 Å². The lowest BCUT2D eigenvalue weighted by Gasteiger charge is -2.26. The summed E-state index contributed by atoms with van der Waals surface area (Å²) in [4.78, 5) is 6.85. The van der Waals surface area contributed by atoms with Gasteiger partial charge in [0.05, 0.1) is 15.7 Å². The molecule has 1 aromatic carbocycles. The quantitative estimate of drug-likeness (QED) is 0.656. The topological polar surface area (TPSA) is 45.5 Å². The van der Waals surface area contributed by atoms with E-state index in [1.54, 1.807) is 22.8 Å². The van der Waals surface area contributed by atoms with Crippen molar-refractivity contribution in [3.63, 3.8) is 0 Å². The van der Waals surface area contributed by atoms with Gasteiger partial charge in [-0.25, -0.2) is 13.9 Å². The van der Waals surface area contributed by atoms with Crippen molar-refractivity contribution >= 4 is 39.0 Å². The van der Waals surface area contributed by atoms with Crippen molar-refractivity contribution in [2.75, 3.05) is 25.5 Å². The molecule has 0 amide bonds. The zero-order valence-corrected chi connectivity index (χ0v) is 16.5. The first-order valence-corrected chi connectivity index (χ1v) is 9.59. The Morgan fingerprint density at radius 3 is 3.04 bits per heavy atom. The van der Waals surface area contributed by atoms with E-state index in [1.807, 2.05) is 18.3 Å². The van der Waals surface area contributed by atoms with E-state index in [9.17, 15) is 4.39 Å². The van der Waals surface area contributed by atoms with Crippen LogP contribution in [0.3, 0.4) is 0 Å². The molecule has 136 valence electrons. The predicted molar refractivity (Wildman–Crippen MR) is 104 cm³/mol. The van der Waals surface area contributed by atoms with Gasteiger partial charge in [0.2, 0.25) is 0 Å². The fourth-order valence-electron chi connectivity index (χ4n) is 3.64. The minimum absolute atomic E-state index is 0.153. The number of hydrogen-bond acceptors (Lipinski definition) is 4. The Hall–Kier alpha value is -1.70. The Balaban J connectivity index is 1.52. The summed E-state index contributed by atoms with van der Waals surface area (Å²) >= 11 is 9.28. The molecule has 2 aromatic heterocycles. The molecule has 8 heteroatoms. The van der Waals surface area contributed by atoms with Crippen molar-refractivity contribution < 1.29 is 4.39 Å². The van der Waals surface area contributed by atoms with Crippen molar-refractivity contribution in [1.82, 2.24) is 19.5 Å². The molecule has 3 aromatic rings. The molecule has 0 bridgehead atoms. The Bertz CT molecular complexity index is 946. The largest absolute Gasteiger partial charge is 0.370 e. The standard InChI is InChI=1S/C18H18BrClFN5/c1-25-6-4-12(17(25)11-2-3-14(20)15(21)8-11)9-22-16-5-7-26-18(24-16)13(19)10-23-26/h2-3,5,7-8,10,12,17H,4,6,9H2,1H3,(H,22,24). The fraction of sp³-hybridized carbons (Fsp3) is 0.333. The fourth-order valence-corrected chi connectivity index (χ4v) is 4.12. The summed E-state index contributed by atoms with van der Waals surface area (Å²) in [6, 6.07) is 7.16. The summed E-state index contributed by atoms with van der Waals surface area (Å²) in [7, 11) is 2.07. The van der Waals surface area contributed by atoms with E-state index in [4.69, 9.17) is 11.6 Å². The van der Waals surface area contributed by atoms with Gasteiger partial charge in [0, 0.05) is 18.8 Å². The van der Waals surface area contributed by atoms with Crippen LogP contribution in [0.4, 0.5) is 10.2 Å². The summed E-state index contributed by atoms with van der Waals surface area (Å²) in [6.45, 7) is 1.73. The molecule has 2 unspecified atom stereocenters. The Morgan fingerprint density at radius 1 is 1.38 bits per heavy atom. The normalized spacial score (nSPS) is 20.8. The number of likely N-dealkylation sites (tertiary alicyclic amines) is 1. The number of fused-ring (bicyclic) bond motifs is 1. The lowest BCUT2D eigenvalue weighted by Crippen LogP contribution is -2.25. The third-order valence-electron chi connectivity index (χ3n) is 4.93. The van der Waals surface area contributed by atoms with Crippen molar-refractivity contribution in [3.8, 4) is 0 Å². The highest BCUT2D eigenvalue weighted by Gasteiger charge is 2.33. The smallest absolute Gasteiger partial charge is 0.171 e. The number of nitrogens with zero attached hydrogens (tertiary/aromatic N) is 4. The molecule has 0 aliphatic carbocycles. The third kappa shape index (κ3) is 3.31. The number of halogens is 3. The average molecular weight is 439 g/mol. The van der Waals surface area contributed by atoms with E-state index in [2.05, 4.69) is 43.3 Å². The molecule has 1 N–H and O–H groups in total. The van der Waals surface area contributed by atoms with Gasteiger partial charge in [0.1, 0.15) is 11.6 Å². The predicted octanol–water partition coefficient (Wildman–Crippen LogP) is 4.39. The molecule has 2 atom stereocenters. The SMILES string of the molecule is CN1CCC(CNc2ccn3ncc(Br)c3n2)C1c1ccc(Cl)c(F)c1. The van der Waals surface area contributed by atoms with Gasteiger partial charge in [0.15, 0.2) is 5.65 Å². The molecule has 0 spiro atoms. The summed E-state index contributed by atoms with van der Waals surface area (Å²) in [5.74, 6) is 0.787. The Kier molecular flexibility index (Phi) is 4.86. The number of aromatic nitrogens is 3. The van der Waals surface area contributed by atoms with Crippen LogP contribution in [0.1, 0.15) is 18.0 Å². The summed E-state index contributed by atoms with van der Waals surface area (Å²) in [5, 5.41) is 7.78. The van der Waals surface area contributed by atoms with Gasteiger partial charge >= 0.3 is 0 Å². The minimum atomic E-state index is -0.367. The summed E-state index contributed by atoms with van der Waals surface area (Å²) in [6.07, 6.45) is 4.64. The lowest BCUT2D eigenvalue weighted by atomic mass is 9.93. The number of anilines is 1. The molecule has 1 fully saturated rings. The van der Waals surface area contributed by atoms with Crippen LogP contribution < -0.4 is 5.32 Å². The summed E-state index contributed by atoms with van der Waals surface area (Å²) in [5.41, 5.74) is 1.73. The molecular formula is C18H18BrClFN5. The van der Waals surface area contributed by atoms with E-state index in [0.29, 0.717) is 5.92 Å². The highest BCUT2D eigenvalue weighted by atomic mass is 79.9. The van der Waals surface area contributed by atoms with Gasteiger partial charge < -0.3 is 5.32 Å². The van der Waals surface area contributed by atoms with Crippen molar-refractivity contribution in [1.29, 1.82) is 0 Å². The van der Waals surface area contributed by atoms with Crippen LogP contribution in [0.5, 0.6) is 0 Å². The van der Waals surface area contributed by atoms with Crippen molar-refractivity contribution in [2.24, 2.45) is 5.92 Å². The zero-order chi connectivity index (χ0) is 18.3. The molecule has 1 aliphatic rings. The average Bonchev–Trinajstić information content (AvgIpc) is 3.18. The van der Waals surface area contributed by atoms with Crippen LogP contribution in [-0.4, -0.2) is 39.6 Å². The van der Waals surface area contributed by atoms with Crippen LogP contribution >= 0.6 is 27.5 Å². The second-order valence-electron chi connectivity index (χ2n) is 6.60. The lowest BCUT2D eigenvalue weighted by molar-refractivity contribution is 0.281. The molecule has 1 aliphatic heterocycles. The van der Waals surface area contributed by atoms with Gasteiger partial charge in [-0.15, -0.1) is 0 Å². The maximum atomic E-state index is 13.9. The van der Waals surface area contributed by atoms with Crippen molar-refractivity contribution in [2.45, 2.75) is 12.5 Å². The Morgan fingerprint density at radius 2 is 2.23 bits per heavy atom. The van der Waals surface area contributed by atoms with Crippen LogP contribution in [0.2, 0.25) is 5.02 Å². The van der Waals surface area contributed by atoms with Gasteiger partial charge in [-0.1, -0.05) is 17.7 Å². The highest BCUT2D eigenvalue weighted by Crippen LogP contribution is 2.37. The van der Waals surface area contributed by atoms with Gasteiger partial charge in [-0.3, -0.25) is 4.90 Å². The second-order valence-corrected chi connectivity index (χ2v) is 7.86. The number of rotatable bonds is 4. The first-order chi connectivity index (χ1) is 12.5. The van der Waals surface area contributed by atoms with Crippen molar-refractivity contribution in [3.05, 3.63) is 57.5 Å². The highest BCUT2D eigenvalue weighted by molar-refractivity contribution is 9.10. The molecule has 0 saturated carbocycles. The second kappa shape index (κ2) is 7.13. The zero-order valence-electron chi connectivity index (χ0n) is 14.2. The Labute approximate surface area is 164 Å². The number of nitrogens with one attached hydrogen (secondary N) is 1. The first-order valence-electron chi connectivity index (χ1n) is 8.42. The molecule has 4 rings (SSSR count). The van der Waals surface area contributed by atoms with Crippen LogP contribution in [0.15, 0.2) is 41.1 Å². The monoisotopic (exact) mass is 437 g/mol. The van der Waals surface area contributed by atoms with Gasteiger partial charge in [0.25, 0.3) is 0 Å².